The highest BCUT2D eigenvalue weighted by Gasteiger charge is 2.45. The largest absolute Gasteiger partial charge is 0.277 e. The standard InChI is InChI=1S/C9H12ClF2N/c1-7(2-3-13-6-10)8-4-9(11,12)5-8/h2-3,8H,4-6H2,1H3/b7-2+,13-3-. The molecule has 74 valence electrons. The molecule has 0 bridgehead atoms. The molecule has 0 unspecified atom stereocenters. The molecule has 0 aromatic heterocycles. The van der Waals surface area contributed by atoms with Gasteiger partial charge in [-0.3, -0.25) is 4.99 Å². The van der Waals surface area contributed by atoms with Gasteiger partial charge in [0, 0.05) is 19.1 Å². The molecule has 1 fully saturated rings. The highest BCUT2D eigenvalue weighted by Crippen LogP contribution is 2.45. The molecule has 1 saturated carbocycles. The number of aliphatic imine (C=N–C) groups is 1. The molecule has 1 nitrogen and oxygen atoms in total. The molecule has 0 heterocycles. The van der Waals surface area contributed by atoms with Crippen molar-refractivity contribution in [2.24, 2.45) is 10.9 Å². The van der Waals surface area contributed by atoms with Crippen molar-refractivity contribution in [3.63, 3.8) is 0 Å². The van der Waals surface area contributed by atoms with Crippen molar-refractivity contribution in [3.8, 4) is 0 Å². The van der Waals surface area contributed by atoms with E-state index in [0.717, 1.165) is 5.57 Å². The van der Waals surface area contributed by atoms with E-state index in [1.807, 2.05) is 6.92 Å². The monoisotopic (exact) mass is 207 g/mol. The average Bonchev–Trinajstić information content (AvgIpc) is 2.00. The average molecular weight is 208 g/mol. The van der Waals surface area contributed by atoms with Crippen LogP contribution >= 0.6 is 11.6 Å². The summed E-state index contributed by atoms with van der Waals surface area (Å²) in [5, 5.41) is 0. The Bertz CT molecular complexity index is 228. The molecule has 4 heteroatoms. The van der Waals surface area contributed by atoms with Crippen molar-refractivity contribution < 1.29 is 8.78 Å². The van der Waals surface area contributed by atoms with Crippen molar-refractivity contribution in [1.29, 1.82) is 0 Å². The predicted octanol–water partition coefficient (Wildman–Crippen LogP) is 3.25. The Kier molecular flexibility index (Phi) is 3.42. The van der Waals surface area contributed by atoms with Crippen molar-refractivity contribution in [2.75, 3.05) is 6.00 Å². The number of halogens is 3. The van der Waals surface area contributed by atoms with E-state index in [0.29, 0.717) is 0 Å². The van der Waals surface area contributed by atoms with Gasteiger partial charge in [-0.1, -0.05) is 5.57 Å². The zero-order chi connectivity index (χ0) is 9.90. The third-order valence-electron chi connectivity index (χ3n) is 2.25. The summed E-state index contributed by atoms with van der Waals surface area (Å²) in [4.78, 5) is 3.77. The van der Waals surface area contributed by atoms with Gasteiger partial charge in [0.2, 0.25) is 5.92 Å². The minimum atomic E-state index is -2.44. The van der Waals surface area contributed by atoms with Crippen LogP contribution in [0.15, 0.2) is 16.6 Å². The lowest BCUT2D eigenvalue weighted by atomic mass is 9.77. The fourth-order valence-corrected chi connectivity index (χ4v) is 1.41. The van der Waals surface area contributed by atoms with Gasteiger partial charge in [-0.15, -0.1) is 11.6 Å². The molecule has 0 aromatic rings. The van der Waals surface area contributed by atoms with Gasteiger partial charge in [0.05, 0.1) is 0 Å². The summed E-state index contributed by atoms with van der Waals surface area (Å²) in [5.41, 5.74) is 0.958. The Morgan fingerprint density at radius 3 is 2.69 bits per heavy atom. The maximum atomic E-state index is 12.5. The first-order valence-corrected chi connectivity index (χ1v) is 4.69. The van der Waals surface area contributed by atoms with E-state index < -0.39 is 5.92 Å². The van der Waals surface area contributed by atoms with Gasteiger partial charge in [0.1, 0.15) is 6.00 Å². The molecule has 0 spiro atoms. The molecule has 1 aliphatic rings. The third-order valence-corrected chi connectivity index (χ3v) is 2.38. The van der Waals surface area contributed by atoms with Crippen LogP contribution in [0.1, 0.15) is 19.8 Å². The van der Waals surface area contributed by atoms with E-state index in [2.05, 4.69) is 4.99 Å². The minimum absolute atomic E-state index is 0.0238. The topological polar surface area (TPSA) is 12.4 Å². The molecule has 0 atom stereocenters. The lowest BCUT2D eigenvalue weighted by Gasteiger charge is -2.35. The molecule has 0 amide bonds. The highest BCUT2D eigenvalue weighted by molar-refractivity contribution is 6.18. The summed E-state index contributed by atoms with van der Waals surface area (Å²) < 4.78 is 24.9. The summed E-state index contributed by atoms with van der Waals surface area (Å²) in [6.45, 7) is 1.85. The smallest absolute Gasteiger partial charge is 0.249 e. The molecule has 13 heavy (non-hydrogen) atoms. The van der Waals surface area contributed by atoms with Gasteiger partial charge in [-0.05, 0) is 18.9 Å². The Hall–Kier alpha value is -0.440. The summed E-state index contributed by atoms with van der Waals surface area (Å²) >= 11 is 5.31. The molecule has 0 aromatic carbocycles. The summed E-state index contributed by atoms with van der Waals surface area (Å²) in [6.07, 6.45) is 3.27. The summed E-state index contributed by atoms with van der Waals surface area (Å²) in [5.74, 6) is -2.42. The Balaban J connectivity index is 2.38. The first-order valence-electron chi connectivity index (χ1n) is 4.15. The molecular weight excluding hydrogens is 196 g/mol. The maximum absolute atomic E-state index is 12.5. The SMILES string of the molecule is C/C(=C\C=N/CCl)C1CC(F)(F)C1. The Morgan fingerprint density at radius 2 is 2.23 bits per heavy atom. The van der Waals surface area contributed by atoms with Gasteiger partial charge < -0.3 is 0 Å². The second-order valence-corrected chi connectivity index (χ2v) is 3.56. The number of hydrogen-bond acceptors (Lipinski definition) is 1. The Morgan fingerprint density at radius 1 is 1.62 bits per heavy atom. The van der Waals surface area contributed by atoms with Gasteiger partial charge in [-0.25, -0.2) is 8.78 Å². The molecule has 1 aliphatic carbocycles. The van der Waals surface area contributed by atoms with Crippen LogP contribution in [0, 0.1) is 5.92 Å². The van der Waals surface area contributed by atoms with Gasteiger partial charge in [0.25, 0.3) is 0 Å². The van der Waals surface area contributed by atoms with Gasteiger partial charge in [-0.2, -0.15) is 0 Å². The van der Waals surface area contributed by atoms with E-state index >= 15 is 0 Å². The van der Waals surface area contributed by atoms with E-state index in [-0.39, 0.29) is 24.8 Å². The number of allylic oxidation sites excluding steroid dienone is 2. The molecule has 1 rings (SSSR count). The zero-order valence-corrected chi connectivity index (χ0v) is 8.19. The molecule has 0 radical (unpaired) electrons. The van der Waals surface area contributed by atoms with Crippen LogP contribution in [0.4, 0.5) is 8.78 Å². The van der Waals surface area contributed by atoms with Crippen LogP contribution in [0.3, 0.4) is 0 Å². The number of nitrogens with zero attached hydrogens (tertiary/aromatic N) is 1. The maximum Gasteiger partial charge on any atom is 0.249 e. The van der Waals surface area contributed by atoms with Crippen molar-refractivity contribution in [3.05, 3.63) is 11.6 Å². The molecular formula is C9H12ClF2N. The van der Waals surface area contributed by atoms with Crippen LogP contribution in [0.2, 0.25) is 0 Å². The molecule has 0 saturated heterocycles. The highest BCUT2D eigenvalue weighted by atomic mass is 35.5. The lowest BCUT2D eigenvalue weighted by Crippen LogP contribution is -2.35. The van der Waals surface area contributed by atoms with Crippen LogP contribution in [-0.2, 0) is 0 Å². The van der Waals surface area contributed by atoms with E-state index in [9.17, 15) is 8.78 Å². The van der Waals surface area contributed by atoms with Crippen LogP contribution in [0.25, 0.3) is 0 Å². The normalized spacial score (nSPS) is 23.5. The second-order valence-electron chi connectivity index (χ2n) is 3.32. The first-order chi connectivity index (χ1) is 6.05. The predicted molar refractivity (Wildman–Crippen MR) is 50.6 cm³/mol. The van der Waals surface area contributed by atoms with E-state index in [4.69, 9.17) is 11.6 Å². The summed E-state index contributed by atoms with van der Waals surface area (Å²) in [7, 11) is 0. The van der Waals surface area contributed by atoms with Crippen LogP contribution < -0.4 is 0 Å². The number of hydrogen-bond donors (Lipinski definition) is 0. The van der Waals surface area contributed by atoms with Crippen LogP contribution in [-0.4, -0.2) is 18.1 Å². The molecule has 0 aliphatic heterocycles. The molecule has 0 N–H and O–H groups in total. The second kappa shape index (κ2) is 4.18. The van der Waals surface area contributed by atoms with E-state index in [1.54, 1.807) is 12.3 Å². The zero-order valence-electron chi connectivity index (χ0n) is 7.43. The van der Waals surface area contributed by atoms with Gasteiger partial charge >= 0.3 is 0 Å². The van der Waals surface area contributed by atoms with Crippen molar-refractivity contribution in [1.82, 2.24) is 0 Å². The third kappa shape index (κ3) is 3.07. The fraction of sp³-hybridized carbons (Fsp3) is 0.667. The first kappa shape index (κ1) is 10.6. The lowest BCUT2D eigenvalue weighted by molar-refractivity contribution is -0.0992. The van der Waals surface area contributed by atoms with Gasteiger partial charge in [0.15, 0.2) is 0 Å². The summed E-state index contributed by atoms with van der Waals surface area (Å²) in [6, 6.07) is 0.213. The fourth-order valence-electron chi connectivity index (χ4n) is 1.33. The number of rotatable bonds is 3. The number of alkyl halides is 3. The van der Waals surface area contributed by atoms with Crippen molar-refractivity contribution in [2.45, 2.75) is 25.7 Å². The van der Waals surface area contributed by atoms with Crippen LogP contribution in [0.5, 0.6) is 0 Å². The minimum Gasteiger partial charge on any atom is -0.277 e. The quantitative estimate of drug-likeness (QED) is 0.383. The Labute approximate surface area is 81.5 Å². The van der Waals surface area contributed by atoms with E-state index in [1.165, 1.54) is 0 Å². The van der Waals surface area contributed by atoms with Crippen molar-refractivity contribution >= 4 is 17.8 Å².